The molecule has 2 unspecified atom stereocenters. The normalized spacial score (nSPS) is 33.8. The number of ether oxygens (including phenoxy) is 2. The summed E-state index contributed by atoms with van der Waals surface area (Å²) in [4.78, 5) is 4.72. The van der Waals surface area contributed by atoms with Gasteiger partial charge in [0.2, 0.25) is 0 Å². The lowest BCUT2D eigenvalue weighted by Crippen LogP contribution is -2.47. The van der Waals surface area contributed by atoms with Gasteiger partial charge in [-0.2, -0.15) is 0 Å². The summed E-state index contributed by atoms with van der Waals surface area (Å²) in [6, 6.07) is 0. The Labute approximate surface area is 121 Å². The van der Waals surface area contributed by atoms with Crippen LogP contribution in [-0.2, 0) is 14.4 Å². The fraction of sp³-hybridized carbons (Fsp3) is 1.00. The zero-order valence-corrected chi connectivity index (χ0v) is 12.6. The van der Waals surface area contributed by atoms with Crippen LogP contribution in [0.15, 0.2) is 0 Å². The largest absolute Gasteiger partial charge is 0.393 e. The molecule has 2 fully saturated rings. The predicted molar refractivity (Wildman–Crippen MR) is 74.2 cm³/mol. The second-order valence-corrected chi connectivity index (χ2v) is 6.46. The van der Waals surface area contributed by atoms with Gasteiger partial charge in [0.05, 0.1) is 19.8 Å². The van der Waals surface area contributed by atoms with Crippen LogP contribution in [0.5, 0.6) is 0 Å². The summed E-state index contributed by atoms with van der Waals surface area (Å²) in [7, 11) is 0. The molecule has 0 aromatic carbocycles. The van der Waals surface area contributed by atoms with Crippen molar-refractivity contribution in [1.29, 1.82) is 0 Å². The molecular weight excluding hydrogens is 260 g/mol. The molecule has 1 aliphatic carbocycles. The Balaban J connectivity index is 2.00. The average Bonchev–Trinajstić information content (AvgIpc) is 2.95. The Morgan fingerprint density at radius 2 is 1.95 bits per heavy atom. The van der Waals surface area contributed by atoms with Gasteiger partial charge in [0, 0.05) is 12.3 Å². The highest BCUT2D eigenvalue weighted by atomic mass is 17.1. The maximum atomic E-state index is 9.63. The summed E-state index contributed by atoms with van der Waals surface area (Å²) >= 11 is 0. The minimum absolute atomic E-state index is 0.134. The number of rotatable bonds is 6. The molecule has 1 saturated heterocycles. The molecule has 2 rings (SSSR count). The van der Waals surface area contributed by atoms with E-state index >= 15 is 0 Å². The smallest absolute Gasteiger partial charge is 0.170 e. The third-order valence-electron chi connectivity index (χ3n) is 5.09. The van der Waals surface area contributed by atoms with E-state index in [0.717, 1.165) is 32.1 Å². The number of hydrogen-bond donors (Lipinski definition) is 2. The highest BCUT2D eigenvalue weighted by Gasteiger charge is 2.45. The molecule has 1 aliphatic heterocycles. The van der Waals surface area contributed by atoms with Crippen molar-refractivity contribution in [2.24, 2.45) is 11.8 Å². The van der Waals surface area contributed by atoms with Gasteiger partial charge in [-0.1, -0.05) is 26.7 Å². The van der Waals surface area contributed by atoms with Gasteiger partial charge in [-0.05, 0) is 25.2 Å². The summed E-state index contributed by atoms with van der Waals surface area (Å²) in [5.74, 6) is -0.0736. The Bertz CT molecular complexity index is 295. The number of hydrogen-bond acceptors (Lipinski definition) is 5. The van der Waals surface area contributed by atoms with Crippen molar-refractivity contribution in [1.82, 2.24) is 0 Å². The first-order valence-corrected chi connectivity index (χ1v) is 7.80. The van der Waals surface area contributed by atoms with Gasteiger partial charge in [0.1, 0.15) is 5.60 Å². The van der Waals surface area contributed by atoms with Crippen molar-refractivity contribution in [3.63, 3.8) is 0 Å². The van der Waals surface area contributed by atoms with E-state index < -0.39 is 11.4 Å². The van der Waals surface area contributed by atoms with Crippen molar-refractivity contribution in [2.75, 3.05) is 19.8 Å². The molecule has 5 nitrogen and oxygen atoms in total. The minimum Gasteiger partial charge on any atom is -0.393 e. The lowest BCUT2D eigenvalue weighted by Gasteiger charge is -2.42. The lowest BCUT2D eigenvalue weighted by atomic mass is 9.72. The highest BCUT2D eigenvalue weighted by molar-refractivity contribution is 4.92. The Morgan fingerprint density at radius 3 is 2.50 bits per heavy atom. The van der Waals surface area contributed by atoms with Crippen LogP contribution in [0.2, 0.25) is 0 Å². The first kappa shape index (κ1) is 16.2. The summed E-state index contributed by atoms with van der Waals surface area (Å²) in [5.41, 5.74) is -0.797. The van der Waals surface area contributed by atoms with Crippen LogP contribution in [0.25, 0.3) is 0 Å². The van der Waals surface area contributed by atoms with Gasteiger partial charge in [-0.25, -0.2) is 4.89 Å². The highest BCUT2D eigenvalue weighted by Crippen LogP contribution is 2.42. The molecule has 1 heterocycles. The molecule has 2 aliphatic rings. The molecule has 0 aromatic heterocycles. The third kappa shape index (κ3) is 3.02. The standard InChI is InChI=1S/C15H28O5/c1-12(2)15(18-9-10-19-15)8-6-13-5-3-4-7-14(13,11-16)20-17/h12-13,16-17H,3-11H2,1-2H3. The topological polar surface area (TPSA) is 68.2 Å². The van der Waals surface area contributed by atoms with E-state index in [0.29, 0.717) is 19.6 Å². The van der Waals surface area contributed by atoms with E-state index in [4.69, 9.17) is 14.4 Å². The first-order valence-electron chi connectivity index (χ1n) is 7.80. The second kappa shape index (κ2) is 6.71. The Hall–Kier alpha value is -0.200. The van der Waals surface area contributed by atoms with Crippen LogP contribution in [0.3, 0.4) is 0 Å². The quantitative estimate of drug-likeness (QED) is 0.581. The molecule has 5 heteroatoms. The van der Waals surface area contributed by atoms with Gasteiger partial charge in [0.15, 0.2) is 5.79 Å². The Morgan fingerprint density at radius 1 is 1.25 bits per heavy atom. The molecule has 2 N–H and O–H groups in total. The van der Waals surface area contributed by atoms with Crippen molar-refractivity contribution < 1.29 is 24.7 Å². The van der Waals surface area contributed by atoms with Crippen molar-refractivity contribution in [2.45, 2.75) is 63.8 Å². The first-order chi connectivity index (χ1) is 9.58. The molecular formula is C15H28O5. The molecule has 0 aromatic rings. The zero-order chi connectivity index (χ0) is 14.6. The summed E-state index contributed by atoms with van der Waals surface area (Å²) in [6.45, 7) is 5.36. The third-order valence-corrected chi connectivity index (χ3v) is 5.09. The van der Waals surface area contributed by atoms with E-state index in [1.54, 1.807) is 0 Å². The van der Waals surface area contributed by atoms with Crippen LogP contribution in [0, 0.1) is 11.8 Å². The van der Waals surface area contributed by atoms with E-state index in [1.807, 2.05) is 0 Å². The van der Waals surface area contributed by atoms with E-state index in [9.17, 15) is 10.4 Å². The fourth-order valence-electron chi connectivity index (χ4n) is 3.66. The van der Waals surface area contributed by atoms with Crippen molar-refractivity contribution >= 4 is 0 Å². The van der Waals surface area contributed by atoms with Gasteiger partial charge in [-0.15, -0.1) is 0 Å². The second-order valence-electron chi connectivity index (χ2n) is 6.46. The summed E-state index contributed by atoms with van der Waals surface area (Å²) < 4.78 is 11.7. The summed E-state index contributed by atoms with van der Waals surface area (Å²) in [6.07, 6.45) is 5.39. The van der Waals surface area contributed by atoms with Gasteiger partial charge >= 0.3 is 0 Å². The monoisotopic (exact) mass is 288 g/mol. The van der Waals surface area contributed by atoms with Crippen molar-refractivity contribution in [3.8, 4) is 0 Å². The van der Waals surface area contributed by atoms with Crippen LogP contribution >= 0.6 is 0 Å². The SMILES string of the molecule is CC(C)C1(CCC2CCCCC2(CO)OO)OCCO1. The fourth-order valence-corrected chi connectivity index (χ4v) is 3.66. The molecule has 0 radical (unpaired) electrons. The van der Waals surface area contributed by atoms with Crippen LogP contribution < -0.4 is 0 Å². The Kier molecular flexibility index (Phi) is 5.42. The van der Waals surface area contributed by atoms with Crippen LogP contribution in [0.1, 0.15) is 52.4 Å². The molecule has 2 atom stereocenters. The van der Waals surface area contributed by atoms with Crippen LogP contribution in [0.4, 0.5) is 0 Å². The van der Waals surface area contributed by atoms with Gasteiger partial charge in [0.25, 0.3) is 0 Å². The van der Waals surface area contributed by atoms with E-state index in [2.05, 4.69) is 13.8 Å². The lowest BCUT2D eigenvalue weighted by molar-refractivity contribution is -0.353. The maximum absolute atomic E-state index is 9.63. The predicted octanol–water partition coefficient (Wildman–Crippen LogP) is 2.58. The molecule has 0 bridgehead atoms. The van der Waals surface area contributed by atoms with Crippen LogP contribution in [-0.4, -0.2) is 41.6 Å². The van der Waals surface area contributed by atoms with Crippen molar-refractivity contribution in [3.05, 3.63) is 0 Å². The van der Waals surface area contributed by atoms with Gasteiger partial charge < -0.3 is 14.6 Å². The van der Waals surface area contributed by atoms with E-state index in [1.165, 1.54) is 0 Å². The zero-order valence-electron chi connectivity index (χ0n) is 12.6. The molecule has 1 saturated carbocycles. The molecule has 20 heavy (non-hydrogen) atoms. The number of aliphatic hydroxyl groups excluding tert-OH is 1. The summed E-state index contributed by atoms with van der Waals surface area (Å²) in [5, 5.41) is 18.9. The molecule has 0 amide bonds. The van der Waals surface area contributed by atoms with Gasteiger partial charge in [-0.3, -0.25) is 5.26 Å². The average molecular weight is 288 g/mol. The molecule has 0 spiro atoms. The maximum Gasteiger partial charge on any atom is 0.170 e. The van der Waals surface area contributed by atoms with E-state index in [-0.39, 0.29) is 18.4 Å². The molecule has 118 valence electrons. The minimum atomic E-state index is -0.797. The number of aliphatic hydroxyl groups is 1.